The lowest BCUT2D eigenvalue weighted by Gasteiger charge is -2.07. The molecule has 88 valence electrons. The van der Waals surface area contributed by atoms with Crippen LogP contribution >= 0.6 is 0 Å². The molecule has 4 nitrogen and oxygen atoms in total. The molecule has 0 bridgehead atoms. The summed E-state index contributed by atoms with van der Waals surface area (Å²) >= 11 is 0. The maximum absolute atomic E-state index is 13.1. The highest BCUT2D eigenvalue weighted by atomic mass is 19.1. The van der Waals surface area contributed by atoms with Crippen LogP contribution < -0.4 is 4.74 Å². The van der Waals surface area contributed by atoms with Gasteiger partial charge in [0.25, 0.3) is 0 Å². The Morgan fingerprint density at radius 2 is 2.29 bits per heavy atom. The molecule has 2 rings (SSSR count). The van der Waals surface area contributed by atoms with Gasteiger partial charge in [-0.2, -0.15) is 0 Å². The molecule has 0 saturated carbocycles. The highest BCUT2D eigenvalue weighted by molar-refractivity contribution is 5.75. The van der Waals surface area contributed by atoms with Crippen molar-refractivity contribution in [2.45, 2.75) is 6.61 Å². The van der Waals surface area contributed by atoms with E-state index in [-0.39, 0.29) is 12.2 Å². The Morgan fingerprint density at radius 3 is 2.94 bits per heavy atom. The molecule has 0 radical (unpaired) electrons. The van der Waals surface area contributed by atoms with Gasteiger partial charge in [-0.05, 0) is 12.1 Å². The van der Waals surface area contributed by atoms with Crippen molar-refractivity contribution in [3.8, 4) is 5.75 Å². The second-order valence-corrected chi connectivity index (χ2v) is 3.62. The van der Waals surface area contributed by atoms with Gasteiger partial charge in [0.15, 0.2) is 0 Å². The summed E-state index contributed by atoms with van der Waals surface area (Å²) < 4.78 is 20.3. The predicted molar refractivity (Wildman–Crippen MR) is 59.3 cm³/mol. The summed E-state index contributed by atoms with van der Waals surface area (Å²) in [6, 6.07) is 3.89. The van der Waals surface area contributed by atoms with Crippen LogP contribution in [0.3, 0.4) is 0 Å². The minimum atomic E-state index is -0.491. The van der Waals surface area contributed by atoms with Crippen LogP contribution in [0.25, 0.3) is 0 Å². The summed E-state index contributed by atoms with van der Waals surface area (Å²) in [5, 5.41) is 0. The minimum absolute atomic E-state index is 0.255. The molecule has 0 amide bonds. The number of ether oxygens (including phenoxy) is 1. The van der Waals surface area contributed by atoms with Crippen LogP contribution in [0.5, 0.6) is 5.75 Å². The molecule has 0 aliphatic heterocycles. The number of benzene rings is 1. The number of aldehydes is 1. The average molecular weight is 234 g/mol. The summed E-state index contributed by atoms with van der Waals surface area (Å²) in [5.74, 6) is -0.164. The van der Waals surface area contributed by atoms with E-state index in [1.165, 1.54) is 12.1 Å². The van der Waals surface area contributed by atoms with Gasteiger partial charge in [0.1, 0.15) is 24.5 Å². The van der Waals surface area contributed by atoms with Crippen molar-refractivity contribution in [3.63, 3.8) is 0 Å². The maximum Gasteiger partial charge on any atom is 0.150 e. The van der Waals surface area contributed by atoms with Gasteiger partial charge < -0.3 is 9.30 Å². The van der Waals surface area contributed by atoms with E-state index >= 15 is 0 Å². The summed E-state index contributed by atoms with van der Waals surface area (Å²) in [6.07, 6.45) is 3.90. The predicted octanol–water partition coefficient (Wildman–Crippen LogP) is 1.95. The molecule has 17 heavy (non-hydrogen) atoms. The Bertz CT molecular complexity index is 537. The Hall–Kier alpha value is -2.17. The molecule has 5 heteroatoms. The summed E-state index contributed by atoms with van der Waals surface area (Å²) in [6.45, 7) is 0.276. The van der Waals surface area contributed by atoms with Gasteiger partial charge in [-0.3, -0.25) is 4.79 Å². The second-order valence-electron chi connectivity index (χ2n) is 3.62. The van der Waals surface area contributed by atoms with Gasteiger partial charge >= 0.3 is 0 Å². The van der Waals surface area contributed by atoms with Gasteiger partial charge in [0.2, 0.25) is 0 Å². The first-order chi connectivity index (χ1) is 8.19. The normalized spacial score (nSPS) is 10.2. The lowest BCUT2D eigenvalue weighted by molar-refractivity contribution is 0.112. The first-order valence-corrected chi connectivity index (χ1v) is 5.03. The smallest absolute Gasteiger partial charge is 0.150 e. The van der Waals surface area contributed by atoms with Crippen LogP contribution in [0.1, 0.15) is 16.1 Å². The molecule has 0 unspecified atom stereocenters. The average Bonchev–Trinajstić information content (AvgIpc) is 2.71. The molecule has 1 heterocycles. The number of rotatable bonds is 4. The number of aromatic nitrogens is 2. The molecular formula is C12H11FN2O2. The zero-order chi connectivity index (χ0) is 12.3. The quantitative estimate of drug-likeness (QED) is 0.759. The van der Waals surface area contributed by atoms with E-state index in [1.807, 2.05) is 7.05 Å². The Balaban J connectivity index is 2.11. The van der Waals surface area contributed by atoms with E-state index in [4.69, 9.17) is 4.74 Å². The molecule has 0 N–H and O–H groups in total. The standard InChI is InChI=1S/C12H11FN2O2/c1-15-8-14-5-11(15)7-17-12-3-9(6-16)2-10(13)4-12/h2-6,8H,7H2,1H3. The van der Waals surface area contributed by atoms with Gasteiger partial charge in [0.05, 0.1) is 18.2 Å². The fraction of sp³-hybridized carbons (Fsp3) is 0.167. The van der Waals surface area contributed by atoms with E-state index in [9.17, 15) is 9.18 Å². The first kappa shape index (κ1) is 11.3. The molecular weight excluding hydrogens is 223 g/mol. The molecule has 2 aromatic rings. The zero-order valence-electron chi connectivity index (χ0n) is 9.26. The third-order valence-electron chi connectivity index (χ3n) is 2.33. The lowest BCUT2D eigenvalue weighted by atomic mass is 10.2. The van der Waals surface area contributed by atoms with Gasteiger partial charge in [-0.1, -0.05) is 0 Å². The minimum Gasteiger partial charge on any atom is -0.487 e. The largest absolute Gasteiger partial charge is 0.487 e. The Morgan fingerprint density at radius 1 is 1.47 bits per heavy atom. The molecule has 0 fully saturated rings. The van der Waals surface area contributed by atoms with E-state index in [0.29, 0.717) is 12.0 Å². The van der Waals surface area contributed by atoms with Crippen molar-refractivity contribution in [1.29, 1.82) is 0 Å². The van der Waals surface area contributed by atoms with Crippen LogP contribution in [0, 0.1) is 5.82 Å². The topological polar surface area (TPSA) is 44.1 Å². The van der Waals surface area contributed by atoms with Crippen LogP contribution in [-0.2, 0) is 13.7 Å². The lowest BCUT2D eigenvalue weighted by Crippen LogP contribution is -2.01. The van der Waals surface area contributed by atoms with E-state index in [2.05, 4.69) is 4.98 Å². The van der Waals surface area contributed by atoms with Gasteiger partial charge in [-0.15, -0.1) is 0 Å². The molecule has 1 aromatic heterocycles. The number of hydrogen-bond acceptors (Lipinski definition) is 3. The molecule has 1 aromatic carbocycles. The molecule has 0 atom stereocenters. The Labute approximate surface area is 97.7 Å². The number of halogens is 1. The number of hydrogen-bond donors (Lipinski definition) is 0. The third kappa shape index (κ3) is 2.69. The molecule has 0 spiro atoms. The molecule has 0 aliphatic carbocycles. The molecule has 0 aliphatic rings. The summed E-state index contributed by atoms with van der Waals surface area (Å²) in [5.41, 5.74) is 1.12. The maximum atomic E-state index is 13.1. The van der Waals surface area contributed by atoms with Crippen molar-refractivity contribution in [3.05, 3.63) is 47.8 Å². The van der Waals surface area contributed by atoms with Crippen LogP contribution in [-0.4, -0.2) is 15.8 Å². The number of nitrogens with zero attached hydrogens (tertiary/aromatic N) is 2. The summed E-state index contributed by atoms with van der Waals surface area (Å²) in [7, 11) is 1.84. The van der Waals surface area contributed by atoms with Gasteiger partial charge in [0, 0.05) is 18.7 Å². The fourth-order valence-electron chi connectivity index (χ4n) is 1.42. The molecule has 0 saturated heterocycles. The van der Waals surface area contributed by atoms with E-state index in [0.717, 1.165) is 11.8 Å². The monoisotopic (exact) mass is 234 g/mol. The van der Waals surface area contributed by atoms with Crippen LogP contribution in [0.4, 0.5) is 4.39 Å². The van der Waals surface area contributed by atoms with Crippen LogP contribution in [0.15, 0.2) is 30.7 Å². The van der Waals surface area contributed by atoms with Crippen molar-refractivity contribution in [1.82, 2.24) is 9.55 Å². The summed E-state index contributed by atoms with van der Waals surface area (Å²) in [4.78, 5) is 14.5. The van der Waals surface area contributed by atoms with E-state index in [1.54, 1.807) is 17.1 Å². The second kappa shape index (κ2) is 4.78. The first-order valence-electron chi connectivity index (χ1n) is 5.03. The SMILES string of the molecule is Cn1cncc1COc1cc(F)cc(C=O)c1. The van der Waals surface area contributed by atoms with Crippen molar-refractivity contribution in [2.75, 3.05) is 0 Å². The third-order valence-corrected chi connectivity index (χ3v) is 2.33. The fourth-order valence-corrected chi connectivity index (χ4v) is 1.42. The van der Waals surface area contributed by atoms with Crippen molar-refractivity contribution < 1.29 is 13.9 Å². The number of imidazole rings is 1. The number of carbonyl (C=O) groups is 1. The van der Waals surface area contributed by atoms with Gasteiger partial charge in [-0.25, -0.2) is 9.37 Å². The number of aryl methyl sites for hydroxylation is 1. The van der Waals surface area contributed by atoms with Crippen molar-refractivity contribution in [2.24, 2.45) is 7.05 Å². The van der Waals surface area contributed by atoms with Crippen molar-refractivity contribution >= 4 is 6.29 Å². The zero-order valence-corrected chi connectivity index (χ0v) is 9.26. The highest BCUT2D eigenvalue weighted by Gasteiger charge is 2.03. The van der Waals surface area contributed by atoms with E-state index < -0.39 is 5.82 Å². The van der Waals surface area contributed by atoms with Crippen LogP contribution in [0.2, 0.25) is 0 Å². The highest BCUT2D eigenvalue weighted by Crippen LogP contribution is 2.16. The Kier molecular flexibility index (Phi) is 3.18. The number of carbonyl (C=O) groups excluding carboxylic acids is 1.